The molecule has 9 heteroatoms. The van der Waals surface area contributed by atoms with Crippen molar-refractivity contribution >= 4 is 41.3 Å². The third-order valence-electron chi connectivity index (χ3n) is 3.33. The van der Waals surface area contributed by atoms with Crippen molar-refractivity contribution in [2.45, 2.75) is 0 Å². The summed E-state index contributed by atoms with van der Waals surface area (Å²) in [7, 11) is 2.71. The SMILES string of the molecule is COC(=O)c1ccc(/C=N\NC(=O)C(=O)Nc2cc(Cl)ccc2OC)cc1. The van der Waals surface area contributed by atoms with Gasteiger partial charge in [-0.2, -0.15) is 5.10 Å². The molecule has 0 saturated heterocycles. The molecular weight excluding hydrogens is 374 g/mol. The number of carbonyl (C=O) groups is 3. The quantitative estimate of drug-likeness (QED) is 0.353. The van der Waals surface area contributed by atoms with Crippen molar-refractivity contribution in [2.24, 2.45) is 5.10 Å². The highest BCUT2D eigenvalue weighted by molar-refractivity contribution is 6.40. The molecule has 8 nitrogen and oxygen atoms in total. The van der Waals surface area contributed by atoms with Crippen LogP contribution in [0.2, 0.25) is 5.02 Å². The van der Waals surface area contributed by atoms with Crippen LogP contribution in [0.5, 0.6) is 5.75 Å². The maximum Gasteiger partial charge on any atom is 0.337 e. The number of nitrogens with one attached hydrogen (secondary N) is 2. The first-order valence-corrected chi connectivity index (χ1v) is 7.98. The molecular formula is C18H16ClN3O5. The van der Waals surface area contributed by atoms with E-state index in [0.29, 0.717) is 21.9 Å². The summed E-state index contributed by atoms with van der Waals surface area (Å²) in [4.78, 5) is 35.1. The zero-order valence-corrected chi connectivity index (χ0v) is 15.2. The number of hydrogen-bond donors (Lipinski definition) is 2. The van der Waals surface area contributed by atoms with Crippen LogP contribution in [-0.2, 0) is 14.3 Å². The maximum absolute atomic E-state index is 11.9. The van der Waals surface area contributed by atoms with E-state index in [1.807, 2.05) is 0 Å². The summed E-state index contributed by atoms with van der Waals surface area (Å²) in [6, 6.07) is 10.9. The van der Waals surface area contributed by atoms with E-state index in [-0.39, 0.29) is 5.69 Å². The van der Waals surface area contributed by atoms with Gasteiger partial charge in [0.25, 0.3) is 0 Å². The Hall–Kier alpha value is -3.39. The topological polar surface area (TPSA) is 106 Å². The lowest BCUT2D eigenvalue weighted by molar-refractivity contribution is -0.136. The molecule has 0 radical (unpaired) electrons. The lowest BCUT2D eigenvalue weighted by Gasteiger charge is -2.09. The molecule has 0 heterocycles. The van der Waals surface area contributed by atoms with Crippen LogP contribution >= 0.6 is 11.6 Å². The van der Waals surface area contributed by atoms with Gasteiger partial charge in [-0.3, -0.25) is 9.59 Å². The standard InChI is InChI=1S/C18H16ClN3O5/c1-26-15-8-7-13(19)9-14(15)21-16(23)17(24)22-20-10-11-3-5-12(6-4-11)18(25)27-2/h3-10H,1-2H3,(H,21,23)(H,22,24)/b20-10-. The summed E-state index contributed by atoms with van der Waals surface area (Å²) in [5, 5.41) is 6.47. The van der Waals surface area contributed by atoms with Gasteiger partial charge in [0.05, 0.1) is 31.7 Å². The number of methoxy groups -OCH3 is 2. The van der Waals surface area contributed by atoms with Crippen LogP contribution in [-0.4, -0.2) is 38.2 Å². The molecule has 0 fully saturated rings. The van der Waals surface area contributed by atoms with E-state index in [4.69, 9.17) is 16.3 Å². The Morgan fingerprint density at radius 3 is 2.37 bits per heavy atom. The van der Waals surface area contributed by atoms with Gasteiger partial charge in [0.15, 0.2) is 0 Å². The van der Waals surface area contributed by atoms with Crippen LogP contribution < -0.4 is 15.5 Å². The fourth-order valence-corrected chi connectivity index (χ4v) is 2.17. The van der Waals surface area contributed by atoms with E-state index in [1.54, 1.807) is 36.4 Å². The van der Waals surface area contributed by atoms with Gasteiger partial charge in [-0.05, 0) is 35.9 Å². The second-order valence-electron chi connectivity index (χ2n) is 5.11. The molecule has 0 spiro atoms. The predicted octanol–water partition coefficient (Wildman–Crippen LogP) is 2.22. The highest BCUT2D eigenvalue weighted by atomic mass is 35.5. The Balaban J connectivity index is 1.95. The molecule has 2 amide bonds. The average molecular weight is 390 g/mol. The number of hydrogen-bond acceptors (Lipinski definition) is 6. The largest absolute Gasteiger partial charge is 0.495 e. The number of esters is 1. The zero-order chi connectivity index (χ0) is 19.8. The Morgan fingerprint density at radius 1 is 1.04 bits per heavy atom. The molecule has 0 aromatic heterocycles. The average Bonchev–Trinajstić information content (AvgIpc) is 2.68. The van der Waals surface area contributed by atoms with Crippen molar-refractivity contribution in [3.05, 3.63) is 58.6 Å². The first kappa shape index (κ1) is 19.9. The Kier molecular flexibility index (Phi) is 6.90. The summed E-state index contributed by atoms with van der Waals surface area (Å²) in [5.41, 5.74) is 3.36. The van der Waals surface area contributed by atoms with Gasteiger partial charge in [0, 0.05) is 5.02 Å². The molecule has 0 saturated carbocycles. The zero-order valence-electron chi connectivity index (χ0n) is 14.5. The maximum atomic E-state index is 11.9. The van der Waals surface area contributed by atoms with Crippen molar-refractivity contribution < 1.29 is 23.9 Å². The summed E-state index contributed by atoms with van der Waals surface area (Å²) in [5.74, 6) is -2.01. The van der Waals surface area contributed by atoms with Gasteiger partial charge in [-0.15, -0.1) is 0 Å². The predicted molar refractivity (Wildman–Crippen MR) is 100 cm³/mol. The molecule has 0 aliphatic rings. The molecule has 2 aromatic carbocycles. The molecule has 0 atom stereocenters. The van der Waals surface area contributed by atoms with Gasteiger partial charge < -0.3 is 14.8 Å². The van der Waals surface area contributed by atoms with E-state index in [9.17, 15) is 14.4 Å². The Bertz CT molecular complexity index is 881. The first-order chi connectivity index (χ1) is 12.9. The summed E-state index contributed by atoms with van der Waals surface area (Å²) in [6.45, 7) is 0. The van der Waals surface area contributed by atoms with E-state index in [2.05, 4.69) is 20.6 Å². The van der Waals surface area contributed by atoms with E-state index in [1.165, 1.54) is 26.5 Å². The molecule has 2 N–H and O–H groups in total. The van der Waals surface area contributed by atoms with E-state index in [0.717, 1.165) is 0 Å². The van der Waals surface area contributed by atoms with Crippen LogP contribution in [0, 0.1) is 0 Å². The van der Waals surface area contributed by atoms with Crippen LogP contribution in [0.1, 0.15) is 15.9 Å². The third kappa shape index (κ3) is 5.55. The number of benzene rings is 2. The summed E-state index contributed by atoms with van der Waals surface area (Å²) in [6.07, 6.45) is 1.33. The lowest BCUT2D eigenvalue weighted by atomic mass is 10.1. The molecule has 0 aliphatic heterocycles. The van der Waals surface area contributed by atoms with Crippen molar-refractivity contribution in [1.29, 1.82) is 0 Å². The number of rotatable bonds is 5. The van der Waals surface area contributed by atoms with E-state index >= 15 is 0 Å². The fourth-order valence-electron chi connectivity index (χ4n) is 2.00. The normalized spacial score (nSPS) is 10.3. The minimum atomic E-state index is -0.973. The number of anilines is 1. The van der Waals surface area contributed by atoms with Gasteiger partial charge in [-0.1, -0.05) is 23.7 Å². The van der Waals surface area contributed by atoms with Crippen LogP contribution in [0.4, 0.5) is 5.69 Å². The van der Waals surface area contributed by atoms with Crippen molar-refractivity contribution in [1.82, 2.24) is 5.43 Å². The summed E-state index contributed by atoms with van der Waals surface area (Å²) < 4.78 is 9.68. The second-order valence-corrected chi connectivity index (χ2v) is 5.55. The molecule has 0 aliphatic carbocycles. The fraction of sp³-hybridized carbons (Fsp3) is 0.111. The second kappa shape index (κ2) is 9.35. The van der Waals surface area contributed by atoms with Gasteiger partial charge in [0.1, 0.15) is 5.75 Å². The smallest absolute Gasteiger partial charge is 0.337 e. The van der Waals surface area contributed by atoms with Crippen molar-refractivity contribution in [3.8, 4) is 5.75 Å². The number of halogens is 1. The van der Waals surface area contributed by atoms with Gasteiger partial charge in [0.2, 0.25) is 0 Å². The molecule has 140 valence electrons. The molecule has 0 unspecified atom stereocenters. The molecule has 27 heavy (non-hydrogen) atoms. The van der Waals surface area contributed by atoms with Crippen LogP contribution in [0.25, 0.3) is 0 Å². The number of ether oxygens (including phenoxy) is 2. The highest BCUT2D eigenvalue weighted by Crippen LogP contribution is 2.27. The molecule has 0 bridgehead atoms. The highest BCUT2D eigenvalue weighted by Gasteiger charge is 2.15. The minimum Gasteiger partial charge on any atom is -0.495 e. The van der Waals surface area contributed by atoms with Crippen molar-refractivity contribution in [3.63, 3.8) is 0 Å². The van der Waals surface area contributed by atoms with E-state index < -0.39 is 17.8 Å². The Labute approximate surface area is 160 Å². The van der Waals surface area contributed by atoms with Gasteiger partial charge in [-0.25, -0.2) is 10.2 Å². The molecule has 2 rings (SSSR count). The first-order valence-electron chi connectivity index (χ1n) is 7.61. The monoisotopic (exact) mass is 389 g/mol. The number of hydrazone groups is 1. The number of nitrogens with zero attached hydrogens (tertiary/aromatic N) is 1. The van der Waals surface area contributed by atoms with Crippen LogP contribution in [0.15, 0.2) is 47.6 Å². The minimum absolute atomic E-state index is 0.257. The Morgan fingerprint density at radius 2 is 1.74 bits per heavy atom. The number of amides is 2. The molecule has 2 aromatic rings. The van der Waals surface area contributed by atoms with Crippen molar-refractivity contribution in [2.75, 3.05) is 19.5 Å². The van der Waals surface area contributed by atoms with Crippen LogP contribution in [0.3, 0.4) is 0 Å². The van der Waals surface area contributed by atoms with Gasteiger partial charge >= 0.3 is 17.8 Å². The lowest BCUT2D eigenvalue weighted by Crippen LogP contribution is -2.32. The summed E-state index contributed by atoms with van der Waals surface area (Å²) >= 11 is 5.87. The number of carbonyl (C=O) groups excluding carboxylic acids is 3. The third-order valence-corrected chi connectivity index (χ3v) is 3.56.